The van der Waals surface area contributed by atoms with Crippen LogP contribution in [0.15, 0.2) is 103 Å². The molecule has 4 aromatic rings. The maximum Gasteiger partial charge on any atom is 0.120 e. The van der Waals surface area contributed by atoms with E-state index in [9.17, 15) is 0 Å². The molecule has 4 aromatic carbocycles. The quantitative estimate of drug-likeness (QED) is 0.158. The van der Waals surface area contributed by atoms with Gasteiger partial charge in [-0.05, 0) is 77.3 Å². The molecule has 0 amide bonds. The highest BCUT2D eigenvalue weighted by atomic mass is 79.9. The zero-order valence-electron chi connectivity index (χ0n) is 20.4. The van der Waals surface area contributed by atoms with Gasteiger partial charge in [-0.3, -0.25) is 0 Å². The first-order chi connectivity index (χ1) is 17.8. The maximum atomic E-state index is 6.20. The second-order valence-corrected chi connectivity index (χ2v) is 10.7. The molecule has 0 bridgehead atoms. The highest BCUT2D eigenvalue weighted by molar-refractivity contribution is 9.09. The fourth-order valence-electron chi connectivity index (χ4n) is 6.32. The Kier molecular flexibility index (Phi) is 6.58. The van der Waals surface area contributed by atoms with E-state index in [0.29, 0.717) is 18.4 Å². The third-order valence-corrected chi connectivity index (χ3v) is 8.46. The monoisotopic (exact) mass is 538 g/mol. The van der Waals surface area contributed by atoms with E-state index in [1.807, 2.05) is 6.07 Å². The normalized spacial score (nSPS) is 21.8. The summed E-state index contributed by atoms with van der Waals surface area (Å²) >= 11 is 3.48. The summed E-state index contributed by atoms with van der Waals surface area (Å²) in [5.74, 6) is 3.02. The maximum absolute atomic E-state index is 6.20. The van der Waals surface area contributed by atoms with Gasteiger partial charge in [0, 0.05) is 16.7 Å². The molecule has 0 saturated heterocycles. The summed E-state index contributed by atoms with van der Waals surface area (Å²) in [6.07, 6.45) is 3.30. The van der Waals surface area contributed by atoms with Crippen LogP contribution in [0, 0.1) is 5.92 Å². The molecule has 0 spiro atoms. The Balaban J connectivity index is 1.33. The summed E-state index contributed by atoms with van der Waals surface area (Å²) in [4.78, 5) is 0. The van der Waals surface area contributed by atoms with Crippen molar-refractivity contribution >= 4 is 15.9 Å². The smallest absolute Gasteiger partial charge is 0.120 e. The van der Waals surface area contributed by atoms with Gasteiger partial charge in [0.2, 0.25) is 0 Å². The Morgan fingerprint density at radius 3 is 2.25 bits per heavy atom. The van der Waals surface area contributed by atoms with Crippen molar-refractivity contribution in [2.75, 3.05) is 11.9 Å². The summed E-state index contributed by atoms with van der Waals surface area (Å²) in [7, 11) is 0. The van der Waals surface area contributed by atoms with Gasteiger partial charge in [0.05, 0.1) is 6.61 Å². The average Bonchev–Trinajstić information content (AvgIpc) is 3.64. The molecule has 3 heteroatoms. The number of benzene rings is 4. The first-order valence-corrected chi connectivity index (χ1v) is 14.1. The Hall–Kier alpha value is -3.04. The number of halogens is 1. The minimum Gasteiger partial charge on any atom is -0.494 e. The van der Waals surface area contributed by atoms with Crippen LogP contribution in [0.3, 0.4) is 0 Å². The van der Waals surface area contributed by atoms with Gasteiger partial charge in [0.25, 0.3) is 0 Å². The third kappa shape index (κ3) is 4.24. The molecule has 0 heterocycles. The lowest BCUT2D eigenvalue weighted by Gasteiger charge is -2.28. The van der Waals surface area contributed by atoms with Crippen LogP contribution in [0.25, 0.3) is 0 Å². The van der Waals surface area contributed by atoms with Crippen LogP contribution >= 0.6 is 15.9 Å². The highest BCUT2D eigenvalue weighted by Gasteiger charge is 2.67. The van der Waals surface area contributed by atoms with E-state index in [1.165, 1.54) is 34.2 Å². The molecule has 3 atom stereocenters. The largest absolute Gasteiger partial charge is 0.494 e. The van der Waals surface area contributed by atoms with E-state index in [-0.39, 0.29) is 5.41 Å². The molecule has 2 aliphatic rings. The number of hydrogen-bond donors (Lipinski definition) is 0. The fourth-order valence-corrected chi connectivity index (χ4v) is 6.55. The Morgan fingerprint density at radius 2 is 1.50 bits per heavy atom. The van der Waals surface area contributed by atoms with Crippen molar-refractivity contribution in [1.29, 1.82) is 0 Å². The number of hydrogen-bond acceptors (Lipinski definition) is 2. The van der Waals surface area contributed by atoms with Gasteiger partial charge in [-0.2, -0.15) is 0 Å². The molecule has 0 N–H and O–H groups in total. The van der Waals surface area contributed by atoms with Crippen molar-refractivity contribution in [1.82, 2.24) is 0 Å². The van der Waals surface area contributed by atoms with Gasteiger partial charge in [-0.15, -0.1) is 0 Å². The lowest BCUT2D eigenvalue weighted by atomic mass is 9.76. The van der Waals surface area contributed by atoms with Gasteiger partial charge < -0.3 is 9.47 Å². The van der Waals surface area contributed by atoms with E-state index < -0.39 is 0 Å². The predicted molar refractivity (Wildman–Crippen MR) is 149 cm³/mol. The summed E-state index contributed by atoms with van der Waals surface area (Å²) < 4.78 is 12.1. The van der Waals surface area contributed by atoms with E-state index in [0.717, 1.165) is 36.3 Å². The first-order valence-electron chi connectivity index (χ1n) is 12.9. The SMILES string of the molecule is BrCCCOc1ccc([C@]23c4ccc(OCc5ccccc5)cc4CCC2C3c2ccccc2)cc1. The lowest BCUT2D eigenvalue weighted by molar-refractivity contribution is 0.305. The Bertz CT molecular complexity index is 1300. The van der Waals surface area contributed by atoms with Crippen LogP contribution < -0.4 is 9.47 Å². The van der Waals surface area contributed by atoms with E-state index >= 15 is 0 Å². The molecule has 2 aliphatic carbocycles. The molecule has 2 nitrogen and oxygen atoms in total. The highest BCUT2D eigenvalue weighted by Crippen LogP contribution is 2.73. The topological polar surface area (TPSA) is 18.5 Å². The number of fused-ring (bicyclic) bond motifs is 3. The van der Waals surface area contributed by atoms with Gasteiger partial charge in [-0.25, -0.2) is 0 Å². The molecule has 0 aromatic heterocycles. The van der Waals surface area contributed by atoms with Crippen LogP contribution in [0.4, 0.5) is 0 Å². The molecular weight excluding hydrogens is 508 g/mol. The van der Waals surface area contributed by atoms with Crippen LogP contribution in [-0.2, 0) is 18.4 Å². The van der Waals surface area contributed by atoms with E-state index in [2.05, 4.69) is 113 Å². The molecule has 36 heavy (non-hydrogen) atoms. The first kappa shape index (κ1) is 23.4. The molecule has 0 radical (unpaired) electrons. The van der Waals surface area contributed by atoms with E-state index in [4.69, 9.17) is 9.47 Å². The Labute approximate surface area is 222 Å². The zero-order chi connectivity index (χ0) is 24.4. The molecule has 1 fully saturated rings. The van der Waals surface area contributed by atoms with Crippen molar-refractivity contribution in [3.05, 3.63) is 131 Å². The summed E-state index contributed by atoms with van der Waals surface area (Å²) in [6, 6.07) is 37.2. The molecule has 1 saturated carbocycles. The predicted octanol–water partition coefficient (Wildman–Crippen LogP) is 8.08. The van der Waals surface area contributed by atoms with Gasteiger partial charge >= 0.3 is 0 Å². The summed E-state index contributed by atoms with van der Waals surface area (Å²) in [6.45, 7) is 1.33. The summed E-state index contributed by atoms with van der Waals surface area (Å²) in [5.41, 5.74) is 6.93. The minimum absolute atomic E-state index is 0.0152. The third-order valence-electron chi connectivity index (χ3n) is 7.90. The second kappa shape index (κ2) is 10.1. The fraction of sp³-hybridized carbons (Fsp3) is 0.273. The minimum atomic E-state index is 0.0152. The van der Waals surface area contributed by atoms with Gasteiger partial charge in [0.1, 0.15) is 18.1 Å². The Morgan fingerprint density at radius 1 is 0.778 bits per heavy atom. The molecule has 0 aliphatic heterocycles. The van der Waals surface area contributed by atoms with Crippen LogP contribution in [0.5, 0.6) is 11.5 Å². The van der Waals surface area contributed by atoms with Crippen LogP contribution in [0.2, 0.25) is 0 Å². The average molecular weight is 540 g/mol. The molecule has 182 valence electrons. The van der Waals surface area contributed by atoms with Crippen molar-refractivity contribution in [2.24, 2.45) is 5.92 Å². The number of alkyl halides is 1. The number of ether oxygens (including phenoxy) is 2. The number of aryl methyl sites for hydroxylation is 1. The van der Waals surface area contributed by atoms with Gasteiger partial charge in [-0.1, -0.05) is 94.8 Å². The zero-order valence-corrected chi connectivity index (χ0v) is 22.0. The van der Waals surface area contributed by atoms with Crippen molar-refractivity contribution in [3.8, 4) is 11.5 Å². The molecular formula is C33H31BrO2. The lowest BCUT2D eigenvalue weighted by Crippen LogP contribution is -2.20. The molecule has 2 unspecified atom stereocenters. The molecule has 6 rings (SSSR count). The van der Waals surface area contributed by atoms with Crippen LogP contribution in [0.1, 0.15) is 46.6 Å². The van der Waals surface area contributed by atoms with Crippen molar-refractivity contribution in [2.45, 2.75) is 37.2 Å². The summed E-state index contributed by atoms with van der Waals surface area (Å²) in [5, 5.41) is 0.961. The van der Waals surface area contributed by atoms with Gasteiger partial charge in [0.15, 0.2) is 0 Å². The van der Waals surface area contributed by atoms with Crippen LogP contribution in [-0.4, -0.2) is 11.9 Å². The standard InChI is InChI=1S/C33H31BrO2/c34-20-7-21-35-28-15-13-27(14-16-28)33-30-19-17-29(36-23-24-8-3-1-4-9-24)22-26(30)12-18-31(33)32(33)25-10-5-2-6-11-25/h1-6,8-11,13-17,19,22,31-32H,7,12,18,20-21,23H2/t31?,32?,33-/m0/s1. The second-order valence-electron chi connectivity index (χ2n) is 9.91. The van der Waals surface area contributed by atoms with Crippen molar-refractivity contribution in [3.63, 3.8) is 0 Å². The van der Waals surface area contributed by atoms with Crippen molar-refractivity contribution < 1.29 is 9.47 Å². The van der Waals surface area contributed by atoms with E-state index in [1.54, 1.807) is 0 Å². The number of rotatable bonds is 9.